The zero-order valence-corrected chi connectivity index (χ0v) is 9.98. The average molecular weight is 224 g/mol. The lowest BCUT2D eigenvalue weighted by Crippen LogP contribution is -2.32. The predicted molar refractivity (Wildman–Crippen MR) is 65.4 cm³/mol. The Hall–Kier alpha value is -0.530. The van der Waals surface area contributed by atoms with E-state index in [4.69, 9.17) is 17.3 Å². The molecule has 82 valence electrons. The maximum absolute atomic E-state index is 6.29. The third kappa shape index (κ3) is 1.91. The Morgan fingerprint density at radius 3 is 2.60 bits per heavy atom. The molecule has 0 unspecified atom stereocenters. The molecule has 0 spiro atoms. The largest absolute Gasteiger partial charge is 0.330 e. The summed E-state index contributed by atoms with van der Waals surface area (Å²) in [6, 6.07) is 6.27. The zero-order chi connectivity index (χ0) is 10.9. The van der Waals surface area contributed by atoms with Crippen LogP contribution in [-0.4, -0.2) is 6.54 Å². The van der Waals surface area contributed by atoms with Crippen molar-refractivity contribution in [1.82, 2.24) is 0 Å². The number of hydrogen-bond acceptors (Lipinski definition) is 1. The van der Waals surface area contributed by atoms with Crippen molar-refractivity contribution in [2.45, 2.75) is 38.0 Å². The van der Waals surface area contributed by atoms with Gasteiger partial charge in [-0.15, -0.1) is 0 Å². The van der Waals surface area contributed by atoms with Gasteiger partial charge in [0.05, 0.1) is 0 Å². The predicted octanol–water partition coefficient (Wildman–Crippen LogP) is 3.42. The lowest BCUT2D eigenvalue weighted by molar-refractivity contribution is 0.453. The molecule has 1 saturated carbocycles. The van der Waals surface area contributed by atoms with Crippen molar-refractivity contribution in [1.29, 1.82) is 0 Å². The van der Waals surface area contributed by atoms with Gasteiger partial charge in [0.1, 0.15) is 0 Å². The molecule has 0 aromatic heterocycles. The number of benzene rings is 1. The van der Waals surface area contributed by atoms with E-state index in [0.717, 1.165) is 11.6 Å². The molecule has 2 heteroatoms. The van der Waals surface area contributed by atoms with Gasteiger partial charge in [0.2, 0.25) is 0 Å². The Morgan fingerprint density at radius 2 is 2.00 bits per heavy atom. The highest BCUT2D eigenvalue weighted by molar-refractivity contribution is 6.31. The summed E-state index contributed by atoms with van der Waals surface area (Å²) < 4.78 is 0. The summed E-state index contributed by atoms with van der Waals surface area (Å²) in [5.41, 5.74) is 8.66. The lowest BCUT2D eigenvalue weighted by atomic mass is 9.78. The maximum Gasteiger partial charge on any atom is 0.0444 e. The van der Waals surface area contributed by atoms with E-state index in [1.165, 1.54) is 36.8 Å². The number of aryl methyl sites for hydroxylation is 1. The van der Waals surface area contributed by atoms with Gasteiger partial charge in [-0.2, -0.15) is 0 Å². The minimum Gasteiger partial charge on any atom is -0.330 e. The van der Waals surface area contributed by atoms with Crippen LogP contribution >= 0.6 is 11.6 Å². The van der Waals surface area contributed by atoms with Crippen molar-refractivity contribution in [2.24, 2.45) is 5.73 Å². The molecule has 2 N–H and O–H groups in total. The highest BCUT2D eigenvalue weighted by Crippen LogP contribution is 2.43. The fourth-order valence-electron chi connectivity index (χ4n) is 2.68. The zero-order valence-electron chi connectivity index (χ0n) is 9.22. The fourth-order valence-corrected chi connectivity index (χ4v) is 3.00. The second-order valence-electron chi connectivity index (χ2n) is 4.67. The molecule has 1 fully saturated rings. The van der Waals surface area contributed by atoms with E-state index < -0.39 is 0 Å². The van der Waals surface area contributed by atoms with Gasteiger partial charge in [-0.1, -0.05) is 42.1 Å². The van der Waals surface area contributed by atoms with Crippen molar-refractivity contribution >= 4 is 11.6 Å². The standard InChI is InChI=1S/C13H18ClN/c1-10-4-5-12(14)11(8-10)13(9-15)6-2-3-7-13/h4-5,8H,2-3,6-7,9,15H2,1H3. The van der Waals surface area contributed by atoms with E-state index >= 15 is 0 Å². The van der Waals surface area contributed by atoms with Gasteiger partial charge in [-0.3, -0.25) is 0 Å². The first kappa shape index (κ1) is 11.0. The van der Waals surface area contributed by atoms with Crippen LogP contribution in [0.1, 0.15) is 36.8 Å². The van der Waals surface area contributed by atoms with Gasteiger partial charge < -0.3 is 5.73 Å². The molecule has 0 saturated heterocycles. The molecule has 0 heterocycles. The molecule has 1 aliphatic carbocycles. The van der Waals surface area contributed by atoms with Crippen molar-refractivity contribution in [3.05, 3.63) is 34.3 Å². The van der Waals surface area contributed by atoms with Crippen LogP contribution in [0.5, 0.6) is 0 Å². The highest BCUT2D eigenvalue weighted by Gasteiger charge is 2.35. The molecule has 0 aliphatic heterocycles. The molecule has 0 radical (unpaired) electrons. The number of hydrogen-bond donors (Lipinski definition) is 1. The molecule has 1 aromatic rings. The van der Waals surface area contributed by atoms with Gasteiger partial charge in [0.25, 0.3) is 0 Å². The normalized spacial score (nSPS) is 19.4. The van der Waals surface area contributed by atoms with E-state index in [-0.39, 0.29) is 5.41 Å². The molecule has 1 aromatic carbocycles. The van der Waals surface area contributed by atoms with E-state index in [2.05, 4.69) is 19.1 Å². The lowest BCUT2D eigenvalue weighted by Gasteiger charge is -2.29. The molecular formula is C13H18ClN. The second kappa shape index (κ2) is 4.15. The Bertz CT molecular complexity index is 354. The van der Waals surface area contributed by atoms with Crippen LogP contribution in [0.25, 0.3) is 0 Å². The van der Waals surface area contributed by atoms with E-state index in [0.29, 0.717) is 0 Å². The van der Waals surface area contributed by atoms with Crippen LogP contribution in [0.3, 0.4) is 0 Å². The molecule has 0 bridgehead atoms. The van der Waals surface area contributed by atoms with Crippen LogP contribution in [0.4, 0.5) is 0 Å². The Kier molecular flexibility index (Phi) is 3.03. The van der Waals surface area contributed by atoms with Crippen LogP contribution in [0.2, 0.25) is 5.02 Å². The first-order valence-corrected chi connectivity index (χ1v) is 6.02. The van der Waals surface area contributed by atoms with Gasteiger partial charge in [-0.05, 0) is 31.4 Å². The van der Waals surface area contributed by atoms with Crippen molar-refractivity contribution < 1.29 is 0 Å². The van der Waals surface area contributed by atoms with E-state index in [1.54, 1.807) is 0 Å². The fraction of sp³-hybridized carbons (Fsp3) is 0.538. The molecule has 1 aliphatic rings. The van der Waals surface area contributed by atoms with Crippen LogP contribution in [-0.2, 0) is 5.41 Å². The van der Waals surface area contributed by atoms with Gasteiger partial charge in [0, 0.05) is 17.0 Å². The Morgan fingerprint density at radius 1 is 1.33 bits per heavy atom. The topological polar surface area (TPSA) is 26.0 Å². The summed E-state index contributed by atoms with van der Waals surface area (Å²) in [6.07, 6.45) is 4.93. The van der Waals surface area contributed by atoms with Crippen molar-refractivity contribution in [3.8, 4) is 0 Å². The molecule has 15 heavy (non-hydrogen) atoms. The first-order valence-electron chi connectivity index (χ1n) is 5.65. The number of nitrogens with two attached hydrogens (primary N) is 1. The van der Waals surface area contributed by atoms with Gasteiger partial charge in [-0.25, -0.2) is 0 Å². The third-order valence-corrected chi connectivity index (χ3v) is 3.97. The van der Waals surface area contributed by atoms with E-state index in [1.807, 2.05) is 6.07 Å². The minimum atomic E-state index is 0.156. The Labute approximate surface area is 96.6 Å². The van der Waals surface area contributed by atoms with E-state index in [9.17, 15) is 0 Å². The average Bonchev–Trinajstić information content (AvgIpc) is 2.71. The molecule has 0 atom stereocenters. The summed E-state index contributed by atoms with van der Waals surface area (Å²) in [5, 5.41) is 0.882. The number of halogens is 1. The summed E-state index contributed by atoms with van der Waals surface area (Å²) in [5.74, 6) is 0. The maximum atomic E-state index is 6.29. The van der Waals surface area contributed by atoms with Crippen molar-refractivity contribution in [3.63, 3.8) is 0 Å². The smallest absolute Gasteiger partial charge is 0.0444 e. The van der Waals surface area contributed by atoms with Gasteiger partial charge in [0.15, 0.2) is 0 Å². The quantitative estimate of drug-likeness (QED) is 0.817. The monoisotopic (exact) mass is 223 g/mol. The molecule has 2 rings (SSSR count). The van der Waals surface area contributed by atoms with Crippen LogP contribution in [0.15, 0.2) is 18.2 Å². The second-order valence-corrected chi connectivity index (χ2v) is 5.08. The summed E-state index contributed by atoms with van der Waals surface area (Å²) in [4.78, 5) is 0. The summed E-state index contributed by atoms with van der Waals surface area (Å²) >= 11 is 6.29. The third-order valence-electron chi connectivity index (χ3n) is 3.64. The number of rotatable bonds is 2. The Balaban J connectivity index is 2.46. The minimum absolute atomic E-state index is 0.156. The first-order chi connectivity index (χ1) is 7.18. The molecule has 0 amide bonds. The van der Waals surface area contributed by atoms with Crippen LogP contribution in [0, 0.1) is 6.92 Å². The molecule has 1 nitrogen and oxygen atoms in total. The van der Waals surface area contributed by atoms with Gasteiger partial charge >= 0.3 is 0 Å². The van der Waals surface area contributed by atoms with Crippen molar-refractivity contribution in [2.75, 3.05) is 6.54 Å². The summed E-state index contributed by atoms with van der Waals surface area (Å²) in [7, 11) is 0. The molecular weight excluding hydrogens is 206 g/mol. The van der Waals surface area contributed by atoms with Crippen LogP contribution < -0.4 is 5.73 Å². The SMILES string of the molecule is Cc1ccc(Cl)c(C2(CN)CCCC2)c1. The summed E-state index contributed by atoms with van der Waals surface area (Å²) in [6.45, 7) is 2.83. The highest BCUT2D eigenvalue weighted by atomic mass is 35.5.